The maximum absolute atomic E-state index is 11.7. The van der Waals surface area contributed by atoms with Crippen LogP contribution in [0.15, 0.2) is 11.4 Å². The molecule has 2 aromatic heterocycles. The van der Waals surface area contributed by atoms with Crippen LogP contribution in [0.25, 0.3) is 11.0 Å². The molecule has 0 aliphatic carbocycles. The number of ether oxygens (including phenoxy) is 1. The number of carbonyl (C=O) groups is 1. The summed E-state index contributed by atoms with van der Waals surface area (Å²) in [5.41, 5.74) is 0.766. The molecule has 0 radical (unpaired) electrons. The smallest absolute Gasteiger partial charge is 0.220 e. The molecule has 0 saturated heterocycles. The average Bonchev–Trinajstić information content (AvgIpc) is 3.03. The van der Waals surface area contributed by atoms with Gasteiger partial charge >= 0.3 is 0 Å². The Balaban J connectivity index is 2.07. The van der Waals surface area contributed by atoms with Crippen LogP contribution in [-0.2, 0) is 16.1 Å². The molecule has 138 valence electrons. The van der Waals surface area contributed by atoms with E-state index < -0.39 is 0 Å². The van der Waals surface area contributed by atoms with Crippen molar-refractivity contribution in [1.82, 2.24) is 25.1 Å². The lowest BCUT2D eigenvalue weighted by Crippen LogP contribution is -2.27. The summed E-state index contributed by atoms with van der Waals surface area (Å²) >= 11 is 1.48. The average molecular weight is 366 g/mol. The molecule has 0 atom stereocenters. The van der Waals surface area contributed by atoms with Crippen LogP contribution in [0.2, 0.25) is 0 Å². The molecular weight excluding hydrogens is 340 g/mol. The predicted molar refractivity (Wildman–Crippen MR) is 100 cm³/mol. The third kappa shape index (κ3) is 5.57. The molecule has 0 aliphatic rings. The van der Waals surface area contributed by atoms with Gasteiger partial charge in [-0.25, -0.2) is 14.6 Å². The highest BCUT2D eigenvalue weighted by Gasteiger charge is 2.12. The first-order valence-corrected chi connectivity index (χ1v) is 9.69. The van der Waals surface area contributed by atoms with Gasteiger partial charge in [-0.3, -0.25) is 4.79 Å². The van der Waals surface area contributed by atoms with Gasteiger partial charge in [0, 0.05) is 26.6 Å². The third-order valence-corrected chi connectivity index (χ3v) is 4.21. The number of nitrogens with zero attached hydrogens (tertiary/aromatic N) is 4. The van der Waals surface area contributed by atoms with Crippen molar-refractivity contribution in [2.75, 3.05) is 38.4 Å². The summed E-state index contributed by atoms with van der Waals surface area (Å²) in [6.45, 7) is 4.44. The van der Waals surface area contributed by atoms with Crippen molar-refractivity contribution in [2.45, 2.75) is 37.9 Å². The van der Waals surface area contributed by atoms with Crippen molar-refractivity contribution >= 4 is 34.5 Å². The van der Waals surface area contributed by atoms with Gasteiger partial charge in [0.15, 0.2) is 10.8 Å². The number of methoxy groups -OCH3 is 1. The molecule has 0 aromatic carbocycles. The number of nitrogens with one attached hydrogen (secondary N) is 2. The van der Waals surface area contributed by atoms with Crippen LogP contribution in [0.5, 0.6) is 0 Å². The van der Waals surface area contributed by atoms with Gasteiger partial charge in [-0.05, 0) is 12.7 Å². The molecule has 9 heteroatoms. The summed E-state index contributed by atoms with van der Waals surface area (Å²) in [5, 5.41) is 12.1. The van der Waals surface area contributed by atoms with Crippen LogP contribution < -0.4 is 10.6 Å². The fourth-order valence-electron chi connectivity index (χ4n) is 2.32. The van der Waals surface area contributed by atoms with E-state index >= 15 is 0 Å². The van der Waals surface area contributed by atoms with Crippen molar-refractivity contribution in [3.05, 3.63) is 6.20 Å². The van der Waals surface area contributed by atoms with Crippen molar-refractivity contribution in [2.24, 2.45) is 0 Å². The van der Waals surface area contributed by atoms with Crippen LogP contribution in [0.4, 0.5) is 5.82 Å². The zero-order valence-electron chi connectivity index (χ0n) is 15.0. The highest BCUT2D eigenvalue weighted by Crippen LogP contribution is 2.23. The van der Waals surface area contributed by atoms with Gasteiger partial charge in [-0.2, -0.15) is 5.10 Å². The minimum atomic E-state index is 0.0830. The molecule has 1 amide bonds. The van der Waals surface area contributed by atoms with E-state index in [-0.39, 0.29) is 5.91 Å². The van der Waals surface area contributed by atoms with Crippen molar-refractivity contribution < 1.29 is 9.53 Å². The first kappa shape index (κ1) is 19.5. The third-order valence-electron chi connectivity index (χ3n) is 3.66. The van der Waals surface area contributed by atoms with Crippen LogP contribution in [0.3, 0.4) is 0 Å². The lowest BCUT2D eigenvalue weighted by molar-refractivity contribution is -0.121. The highest BCUT2D eigenvalue weighted by atomic mass is 32.2. The summed E-state index contributed by atoms with van der Waals surface area (Å²) in [4.78, 5) is 20.8. The highest BCUT2D eigenvalue weighted by molar-refractivity contribution is 7.98. The molecule has 2 N–H and O–H groups in total. The van der Waals surface area contributed by atoms with E-state index in [0.717, 1.165) is 29.7 Å². The van der Waals surface area contributed by atoms with Gasteiger partial charge < -0.3 is 15.4 Å². The molecule has 2 heterocycles. The first-order chi connectivity index (χ1) is 12.2. The first-order valence-electron chi connectivity index (χ1n) is 8.46. The Kier molecular flexibility index (Phi) is 7.93. The monoisotopic (exact) mass is 366 g/mol. The van der Waals surface area contributed by atoms with Gasteiger partial charge in [-0.15, -0.1) is 0 Å². The Bertz CT molecular complexity index is 691. The Hall–Kier alpha value is -1.87. The Morgan fingerprint density at radius 3 is 2.92 bits per heavy atom. The summed E-state index contributed by atoms with van der Waals surface area (Å²) in [6, 6.07) is 0. The van der Waals surface area contributed by atoms with E-state index in [0.29, 0.717) is 37.8 Å². The van der Waals surface area contributed by atoms with Crippen LogP contribution in [0, 0.1) is 0 Å². The lowest BCUT2D eigenvalue weighted by atomic mass is 10.2. The van der Waals surface area contributed by atoms with E-state index in [1.165, 1.54) is 11.8 Å². The van der Waals surface area contributed by atoms with Crippen LogP contribution in [0.1, 0.15) is 26.2 Å². The normalized spacial score (nSPS) is 11.0. The zero-order chi connectivity index (χ0) is 18.1. The summed E-state index contributed by atoms with van der Waals surface area (Å²) in [6.07, 6.45) is 6.20. The fraction of sp³-hybridized carbons (Fsp3) is 0.625. The molecule has 2 rings (SSSR count). The molecule has 25 heavy (non-hydrogen) atoms. The minimum absolute atomic E-state index is 0.0830. The molecule has 2 aromatic rings. The number of fused-ring (bicyclic) bond motifs is 1. The maximum atomic E-state index is 11.7. The number of hydrogen-bond acceptors (Lipinski definition) is 7. The number of thioether (sulfide) groups is 1. The molecule has 8 nitrogen and oxygen atoms in total. The molecular formula is C16H26N6O2S. The molecule has 0 bridgehead atoms. The van der Waals surface area contributed by atoms with Gasteiger partial charge in [0.05, 0.1) is 24.7 Å². The fourth-order valence-corrected chi connectivity index (χ4v) is 2.68. The van der Waals surface area contributed by atoms with Crippen LogP contribution >= 0.6 is 11.8 Å². The van der Waals surface area contributed by atoms with E-state index in [1.807, 2.05) is 6.26 Å². The summed E-state index contributed by atoms with van der Waals surface area (Å²) < 4.78 is 6.87. The SMILES string of the molecule is CCCCC(=O)NCCn1ncc2c(NCCOC)nc(SC)nc21. The van der Waals surface area contributed by atoms with Crippen molar-refractivity contribution in [1.29, 1.82) is 0 Å². The number of aromatic nitrogens is 4. The van der Waals surface area contributed by atoms with Crippen molar-refractivity contribution in [3.63, 3.8) is 0 Å². The Labute approximate surface area is 152 Å². The molecule has 0 spiro atoms. The molecule has 0 unspecified atom stereocenters. The van der Waals surface area contributed by atoms with E-state index in [1.54, 1.807) is 18.0 Å². The van der Waals surface area contributed by atoms with E-state index in [4.69, 9.17) is 4.74 Å². The standard InChI is InChI=1S/C16H26N6O2S/c1-4-5-6-13(23)17-7-9-22-15-12(11-19-22)14(18-8-10-24-2)20-16(21-15)25-3/h11H,4-10H2,1-3H3,(H,17,23)(H,18,20,21). The Morgan fingerprint density at radius 1 is 1.36 bits per heavy atom. The lowest BCUT2D eigenvalue weighted by Gasteiger charge is -2.09. The number of hydrogen-bond donors (Lipinski definition) is 2. The van der Waals surface area contributed by atoms with E-state index in [2.05, 4.69) is 32.6 Å². The number of unbranched alkanes of at least 4 members (excludes halogenated alkanes) is 1. The maximum Gasteiger partial charge on any atom is 0.220 e. The van der Waals surface area contributed by atoms with Gasteiger partial charge in [0.25, 0.3) is 0 Å². The number of anilines is 1. The molecule has 0 fully saturated rings. The Morgan fingerprint density at radius 2 is 2.20 bits per heavy atom. The number of amides is 1. The zero-order valence-corrected chi connectivity index (χ0v) is 15.9. The largest absolute Gasteiger partial charge is 0.383 e. The van der Waals surface area contributed by atoms with Crippen LogP contribution in [-0.4, -0.2) is 58.7 Å². The van der Waals surface area contributed by atoms with E-state index in [9.17, 15) is 4.79 Å². The topological polar surface area (TPSA) is 94.0 Å². The minimum Gasteiger partial charge on any atom is -0.383 e. The second kappa shape index (κ2) is 10.2. The molecule has 0 saturated carbocycles. The summed E-state index contributed by atoms with van der Waals surface area (Å²) in [7, 11) is 1.66. The quantitative estimate of drug-likeness (QED) is 0.356. The van der Waals surface area contributed by atoms with Gasteiger partial charge in [0.1, 0.15) is 5.82 Å². The molecule has 0 aliphatic heterocycles. The number of rotatable bonds is 11. The second-order valence-corrected chi connectivity index (χ2v) is 6.31. The van der Waals surface area contributed by atoms with Gasteiger partial charge in [0.2, 0.25) is 5.91 Å². The van der Waals surface area contributed by atoms with Crippen molar-refractivity contribution in [3.8, 4) is 0 Å². The second-order valence-electron chi connectivity index (χ2n) is 5.54. The summed E-state index contributed by atoms with van der Waals surface area (Å²) in [5.74, 6) is 0.837. The predicted octanol–water partition coefficient (Wildman–Crippen LogP) is 1.91. The van der Waals surface area contributed by atoms with Gasteiger partial charge in [-0.1, -0.05) is 25.1 Å². The number of carbonyl (C=O) groups excluding carboxylic acids is 1.